The molecule has 0 radical (unpaired) electrons. The van der Waals surface area contributed by atoms with Crippen molar-refractivity contribution in [3.8, 4) is 0 Å². The second kappa shape index (κ2) is 5.04. The summed E-state index contributed by atoms with van der Waals surface area (Å²) in [5.41, 5.74) is 0. The Hall–Kier alpha value is 0.310. The standard InChI is InChI=1S/C9H19NS/c1-2-3-8-4-5-10-6-9(8)7-11/h8-11H,2-7H2,1H3. The molecule has 1 rings (SSSR count). The predicted molar refractivity (Wildman–Crippen MR) is 53.2 cm³/mol. The quantitative estimate of drug-likeness (QED) is 0.622. The van der Waals surface area contributed by atoms with Gasteiger partial charge < -0.3 is 5.32 Å². The Kier molecular flexibility index (Phi) is 4.31. The lowest BCUT2D eigenvalue weighted by Gasteiger charge is -2.30. The Labute approximate surface area is 75.4 Å². The molecule has 1 aliphatic heterocycles. The molecule has 0 aromatic carbocycles. The molecule has 0 aliphatic carbocycles. The predicted octanol–water partition coefficient (Wildman–Crippen LogP) is 1.94. The lowest BCUT2D eigenvalue weighted by molar-refractivity contribution is 0.262. The second-order valence-corrected chi connectivity index (χ2v) is 3.85. The van der Waals surface area contributed by atoms with Crippen LogP contribution in [-0.2, 0) is 0 Å². The van der Waals surface area contributed by atoms with Gasteiger partial charge in [-0.15, -0.1) is 0 Å². The van der Waals surface area contributed by atoms with Gasteiger partial charge in [-0.25, -0.2) is 0 Å². The van der Waals surface area contributed by atoms with Gasteiger partial charge in [0.15, 0.2) is 0 Å². The van der Waals surface area contributed by atoms with E-state index in [1.165, 1.54) is 32.4 Å². The summed E-state index contributed by atoms with van der Waals surface area (Å²) in [6, 6.07) is 0. The van der Waals surface area contributed by atoms with E-state index in [2.05, 4.69) is 24.9 Å². The van der Waals surface area contributed by atoms with Crippen LogP contribution in [0.25, 0.3) is 0 Å². The van der Waals surface area contributed by atoms with Crippen LogP contribution < -0.4 is 5.32 Å². The van der Waals surface area contributed by atoms with Gasteiger partial charge in [0.1, 0.15) is 0 Å². The van der Waals surface area contributed by atoms with Crippen LogP contribution in [0.4, 0.5) is 0 Å². The molecule has 1 aliphatic rings. The summed E-state index contributed by atoms with van der Waals surface area (Å²) in [4.78, 5) is 0. The van der Waals surface area contributed by atoms with Gasteiger partial charge in [0.05, 0.1) is 0 Å². The average molecular weight is 173 g/mol. The molecule has 0 aromatic rings. The Balaban J connectivity index is 2.31. The molecule has 0 amide bonds. The van der Waals surface area contributed by atoms with E-state index in [0.717, 1.165) is 17.6 Å². The third kappa shape index (κ3) is 2.68. The Morgan fingerprint density at radius 1 is 1.45 bits per heavy atom. The zero-order valence-corrected chi connectivity index (χ0v) is 8.24. The molecule has 0 bridgehead atoms. The fourth-order valence-electron chi connectivity index (χ4n) is 1.94. The van der Waals surface area contributed by atoms with E-state index in [9.17, 15) is 0 Å². The van der Waals surface area contributed by atoms with Gasteiger partial charge in [-0.05, 0) is 37.1 Å². The van der Waals surface area contributed by atoms with Crippen molar-refractivity contribution >= 4 is 12.6 Å². The fourth-order valence-corrected chi connectivity index (χ4v) is 2.37. The van der Waals surface area contributed by atoms with Gasteiger partial charge in [0.2, 0.25) is 0 Å². The molecule has 2 unspecified atom stereocenters. The van der Waals surface area contributed by atoms with Gasteiger partial charge in [0, 0.05) is 0 Å². The molecule has 1 N–H and O–H groups in total. The average Bonchev–Trinajstić information content (AvgIpc) is 2.06. The highest BCUT2D eigenvalue weighted by molar-refractivity contribution is 7.80. The lowest BCUT2D eigenvalue weighted by Crippen LogP contribution is -2.37. The molecule has 0 aromatic heterocycles. The van der Waals surface area contributed by atoms with Crippen LogP contribution >= 0.6 is 12.6 Å². The molecular weight excluding hydrogens is 154 g/mol. The van der Waals surface area contributed by atoms with Crippen molar-refractivity contribution in [3.63, 3.8) is 0 Å². The van der Waals surface area contributed by atoms with Crippen molar-refractivity contribution in [3.05, 3.63) is 0 Å². The van der Waals surface area contributed by atoms with E-state index in [1.807, 2.05) is 0 Å². The van der Waals surface area contributed by atoms with Crippen molar-refractivity contribution in [2.75, 3.05) is 18.8 Å². The number of piperidine rings is 1. The van der Waals surface area contributed by atoms with Crippen molar-refractivity contribution in [1.29, 1.82) is 0 Å². The van der Waals surface area contributed by atoms with E-state index in [0.29, 0.717) is 0 Å². The maximum atomic E-state index is 4.38. The summed E-state index contributed by atoms with van der Waals surface area (Å²) in [7, 11) is 0. The molecule has 11 heavy (non-hydrogen) atoms. The van der Waals surface area contributed by atoms with E-state index >= 15 is 0 Å². The van der Waals surface area contributed by atoms with Crippen LogP contribution in [0.5, 0.6) is 0 Å². The van der Waals surface area contributed by atoms with E-state index < -0.39 is 0 Å². The van der Waals surface area contributed by atoms with Crippen LogP contribution in [0.1, 0.15) is 26.2 Å². The minimum absolute atomic E-state index is 0.826. The fraction of sp³-hybridized carbons (Fsp3) is 1.00. The van der Waals surface area contributed by atoms with Gasteiger partial charge in [-0.3, -0.25) is 0 Å². The number of rotatable bonds is 3. The highest BCUT2D eigenvalue weighted by Gasteiger charge is 2.22. The SMILES string of the molecule is CCCC1CCNCC1CS. The first-order valence-electron chi connectivity index (χ1n) is 4.70. The second-order valence-electron chi connectivity index (χ2n) is 3.48. The zero-order valence-electron chi connectivity index (χ0n) is 7.34. The summed E-state index contributed by atoms with van der Waals surface area (Å²) < 4.78 is 0. The van der Waals surface area contributed by atoms with E-state index in [-0.39, 0.29) is 0 Å². The molecule has 0 saturated carbocycles. The summed E-state index contributed by atoms with van der Waals surface area (Å²) in [5.74, 6) is 2.82. The largest absolute Gasteiger partial charge is 0.316 e. The third-order valence-electron chi connectivity index (χ3n) is 2.66. The van der Waals surface area contributed by atoms with Crippen molar-refractivity contribution in [1.82, 2.24) is 5.32 Å². The molecule has 1 heterocycles. The number of hydrogen-bond acceptors (Lipinski definition) is 2. The Morgan fingerprint density at radius 2 is 2.27 bits per heavy atom. The first-order chi connectivity index (χ1) is 5.38. The van der Waals surface area contributed by atoms with Gasteiger partial charge in [0.25, 0.3) is 0 Å². The summed E-state index contributed by atoms with van der Waals surface area (Å²) in [5, 5.41) is 3.43. The maximum Gasteiger partial charge on any atom is -0.00101 e. The molecular formula is C9H19NS. The number of thiol groups is 1. The molecule has 1 saturated heterocycles. The smallest absolute Gasteiger partial charge is 0.00101 e. The summed E-state index contributed by atoms with van der Waals surface area (Å²) >= 11 is 4.38. The highest BCUT2D eigenvalue weighted by Crippen LogP contribution is 2.24. The van der Waals surface area contributed by atoms with Crippen LogP contribution in [0.2, 0.25) is 0 Å². The molecule has 1 fully saturated rings. The Bertz CT molecular complexity index is 104. The number of nitrogens with one attached hydrogen (secondary N) is 1. The molecule has 2 heteroatoms. The first-order valence-corrected chi connectivity index (χ1v) is 5.33. The minimum Gasteiger partial charge on any atom is -0.316 e. The molecule has 66 valence electrons. The third-order valence-corrected chi connectivity index (χ3v) is 3.13. The van der Waals surface area contributed by atoms with Crippen molar-refractivity contribution in [2.24, 2.45) is 11.8 Å². The first kappa shape index (κ1) is 9.40. The molecule has 0 spiro atoms. The molecule has 2 atom stereocenters. The summed E-state index contributed by atoms with van der Waals surface area (Å²) in [6.07, 6.45) is 4.08. The minimum atomic E-state index is 0.826. The van der Waals surface area contributed by atoms with Gasteiger partial charge in [-0.2, -0.15) is 12.6 Å². The van der Waals surface area contributed by atoms with Crippen molar-refractivity contribution < 1.29 is 0 Å². The molecule has 1 nitrogen and oxygen atoms in total. The lowest BCUT2D eigenvalue weighted by atomic mass is 9.84. The zero-order chi connectivity index (χ0) is 8.10. The van der Waals surface area contributed by atoms with Crippen LogP contribution in [0.3, 0.4) is 0 Å². The highest BCUT2D eigenvalue weighted by atomic mass is 32.1. The normalized spacial score (nSPS) is 32.2. The van der Waals surface area contributed by atoms with Crippen LogP contribution in [-0.4, -0.2) is 18.8 Å². The Morgan fingerprint density at radius 3 is 2.91 bits per heavy atom. The van der Waals surface area contributed by atoms with Crippen LogP contribution in [0, 0.1) is 11.8 Å². The monoisotopic (exact) mass is 173 g/mol. The van der Waals surface area contributed by atoms with Gasteiger partial charge >= 0.3 is 0 Å². The van der Waals surface area contributed by atoms with E-state index in [1.54, 1.807) is 0 Å². The van der Waals surface area contributed by atoms with E-state index in [4.69, 9.17) is 0 Å². The number of hydrogen-bond donors (Lipinski definition) is 2. The van der Waals surface area contributed by atoms with Gasteiger partial charge in [-0.1, -0.05) is 19.8 Å². The maximum absolute atomic E-state index is 4.38. The van der Waals surface area contributed by atoms with Crippen molar-refractivity contribution in [2.45, 2.75) is 26.2 Å². The topological polar surface area (TPSA) is 12.0 Å². The van der Waals surface area contributed by atoms with Crippen LogP contribution in [0.15, 0.2) is 0 Å². The summed E-state index contributed by atoms with van der Waals surface area (Å²) in [6.45, 7) is 4.68.